The molecule has 0 unspecified atom stereocenters. The molecule has 0 radical (unpaired) electrons. The van der Waals surface area contributed by atoms with E-state index in [9.17, 15) is 4.79 Å². The predicted octanol–water partition coefficient (Wildman–Crippen LogP) is 3.61. The van der Waals surface area contributed by atoms with E-state index in [1.54, 1.807) is 0 Å². The maximum absolute atomic E-state index is 12.9. The van der Waals surface area contributed by atoms with E-state index < -0.39 is 0 Å². The average Bonchev–Trinajstić information content (AvgIpc) is 2.81. The quantitative estimate of drug-likeness (QED) is 0.805. The molecule has 0 aromatic heterocycles. The van der Waals surface area contributed by atoms with E-state index in [0.29, 0.717) is 13.2 Å². The first-order valence-corrected chi connectivity index (χ1v) is 8.40. The molecule has 1 amide bonds. The minimum Gasteiger partial charge on any atom is -0.370 e. The second kappa shape index (κ2) is 6.17. The zero-order valence-corrected chi connectivity index (χ0v) is 13.2. The highest BCUT2D eigenvalue weighted by Gasteiger charge is 2.38. The molecule has 0 saturated carbocycles. The Morgan fingerprint density at radius 2 is 1.83 bits per heavy atom. The van der Waals surface area contributed by atoms with Gasteiger partial charge in [0.2, 0.25) is 0 Å². The molecule has 3 nitrogen and oxygen atoms in total. The minimum absolute atomic E-state index is 0.00936. The molecule has 1 fully saturated rings. The summed E-state index contributed by atoms with van der Waals surface area (Å²) in [5.41, 5.74) is 3.40. The lowest BCUT2D eigenvalue weighted by Gasteiger charge is -2.41. The Bertz CT molecular complexity index is 698. The number of rotatable bonds is 1. The summed E-state index contributed by atoms with van der Waals surface area (Å²) in [5, 5.41) is 0. The molecule has 1 heterocycles. The summed E-state index contributed by atoms with van der Waals surface area (Å²) >= 11 is 0. The first kappa shape index (κ1) is 14.5. The highest BCUT2D eigenvalue weighted by Crippen LogP contribution is 2.37. The van der Waals surface area contributed by atoms with Gasteiger partial charge in [0.05, 0.1) is 12.6 Å². The minimum atomic E-state index is 0.00936. The standard InChI is InChI=1S/C20H21NO2/c22-20(16-8-2-1-3-9-16)21-13-14-23-19-17-11-5-4-7-15(17)10-6-12-18(19)21/h1-5,7-9,11,18-19H,6,10,12-14H2/t18-,19-/m0/s1. The topological polar surface area (TPSA) is 29.5 Å². The van der Waals surface area contributed by atoms with Gasteiger partial charge in [0.15, 0.2) is 0 Å². The fourth-order valence-corrected chi connectivity index (χ4v) is 3.86. The number of amides is 1. The average molecular weight is 307 g/mol. The van der Waals surface area contributed by atoms with E-state index in [-0.39, 0.29) is 18.1 Å². The van der Waals surface area contributed by atoms with E-state index >= 15 is 0 Å². The summed E-state index contributed by atoms with van der Waals surface area (Å²) in [4.78, 5) is 15.0. The lowest BCUT2D eigenvalue weighted by Crippen LogP contribution is -2.49. The molecule has 1 saturated heterocycles. The Hall–Kier alpha value is -2.13. The van der Waals surface area contributed by atoms with Gasteiger partial charge in [-0.15, -0.1) is 0 Å². The van der Waals surface area contributed by atoms with E-state index in [0.717, 1.165) is 24.8 Å². The number of aryl methyl sites for hydroxylation is 1. The number of carbonyl (C=O) groups excluding carboxylic acids is 1. The fraction of sp³-hybridized carbons (Fsp3) is 0.350. The van der Waals surface area contributed by atoms with Gasteiger partial charge >= 0.3 is 0 Å². The van der Waals surface area contributed by atoms with Gasteiger partial charge in [-0.2, -0.15) is 0 Å². The Balaban J connectivity index is 1.67. The van der Waals surface area contributed by atoms with Gasteiger partial charge in [0.25, 0.3) is 5.91 Å². The van der Waals surface area contributed by atoms with E-state index in [2.05, 4.69) is 24.3 Å². The first-order valence-electron chi connectivity index (χ1n) is 8.40. The maximum atomic E-state index is 12.9. The van der Waals surface area contributed by atoms with Crippen LogP contribution in [0.4, 0.5) is 0 Å². The number of benzene rings is 2. The molecule has 1 aliphatic carbocycles. The number of ether oxygens (including phenoxy) is 1. The van der Waals surface area contributed by atoms with Gasteiger partial charge in [-0.1, -0.05) is 42.5 Å². The number of fused-ring (bicyclic) bond motifs is 3. The van der Waals surface area contributed by atoms with E-state index in [4.69, 9.17) is 4.74 Å². The van der Waals surface area contributed by atoms with Crippen LogP contribution in [0.1, 0.15) is 40.4 Å². The smallest absolute Gasteiger partial charge is 0.254 e. The van der Waals surface area contributed by atoms with Crippen LogP contribution in [0.15, 0.2) is 54.6 Å². The molecule has 4 rings (SSSR count). The van der Waals surface area contributed by atoms with Crippen LogP contribution in [0.5, 0.6) is 0 Å². The lowest BCUT2D eigenvalue weighted by molar-refractivity contribution is -0.0621. The highest BCUT2D eigenvalue weighted by molar-refractivity contribution is 5.94. The third-order valence-electron chi connectivity index (χ3n) is 4.97. The summed E-state index contributed by atoms with van der Waals surface area (Å²) in [5.74, 6) is 0.128. The predicted molar refractivity (Wildman–Crippen MR) is 89.3 cm³/mol. The third kappa shape index (κ3) is 2.66. The van der Waals surface area contributed by atoms with Crippen molar-refractivity contribution < 1.29 is 9.53 Å². The Morgan fingerprint density at radius 3 is 2.70 bits per heavy atom. The van der Waals surface area contributed by atoms with Crippen LogP contribution in [0.2, 0.25) is 0 Å². The zero-order valence-electron chi connectivity index (χ0n) is 13.2. The Labute approximate surface area is 136 Å². The van der Waals surface area contributed by atoms with Crippen LogP contribution in [0.3, 0.4) is 0 Å². The van der Waals surface area contributed by atoms with Crippen molar-refractivity contribution in [3.8, 4) is 0 Å². The summed E-state index contributed by atoms with van der Waals surface area (Å²) in [6.07, 6.45) is 3.17. The number of hydrogen-bond donors (Lipinski definition) is 0. The van der Waals surface area contributed by atoms with Crippen molar-refractivity contribution >= 4 is 5.91 Å². The van der Waals surface area contributed by atoms with Gasteiger partial charge in [0, 0.05) is 12.1 Å². The molecule has 2 aromatic rings. The van der Waals surface area contributed by atoms with Crippen LogP contribution in [-0.4, -0.2) is 30.0 Å². The molecule has 1 aliphatic heterocycles. The molecule has 0 spiro atoms. The number of morpholine rings is 1. The van der Waals surface area contributed by atoms with Crippen molar-refractivity contribution in [1.29, 1.82) is 0 Å². The summed E-state index contributed by atoms with van der Waals surface area (Å²) < 4.78 is 6.11. The Morgan fingerprint density at radius 1 is 1.04 bits per heavy atom. The monoisotopic (exact) mass is 307 g/mol. The molecular weight excluding hydrogens is 286 g/mol. The second-order valence-corrected chi connectivity index (χ2v) is 6.31. The van der Waals surface area contributed by atoms with Crippen LogP contribution in [0, 0.1) is 0 Å². The molecule has 0 N–H and O–H groups in total. The van der Waals surface area contributed by atoms with Gasteiger partial charge in [-0.25, -0.2) is 0 Å². The van der Waals surface area contributed by atoms with Crippen molar-refractivity contribution in [1.82, 2.24) is 4.90 Å². The highest BCUT2D eigenvalue weighted by atomic mass is 16.5. The van der Waals surface area contributed by atoms with Crippen molar-refractivity contribution in [2.75, 3.05) is 13.2 Å². The largest absolute Gasteiger partial charge is 0.370 e. The number of hydrogen-bond acceptors (Lipinski definition) is 2. The second-order valence-electron chi connectivity index (χ2n) is 6.31. The SMILES string of the molecule is O=C(c1ccccc1)N1CCO[C@H]2c3ccccc3CCC[C@@H]21. The van der Waals surface area contributed by atoms with E-state index in [1.807, 2.05) is 35.2 Å². The molecule has 118 valence electrons. The molecule has 2 aliphatic rings. The van der Waals surface area contributed by atoms with Gasteiger partial charge < -0.3 is 9.64 Å². The molecule has 0 bridgehead atoms. The molecule has 23 heavy (non-hydrogen) atoms. The molecule has 2 aromatic carbocycles. The number of nitrogens with zero attached hydrogens (tertiary/aromatic N) is 1. The Kier molecular flexibility index (Phi) is 3.88. The maximum Gasteiger partial charge on any atom is 0.254 e. The summed E-state index contributed by atoms with van der Waals surface area (Å²) in [7, 11) is 0. The van der Waals surface area contributed by atoms with Crippen molar-refractivity contribution in [2.45, 2.75) is 31.4 Å². The zero-order chi connectivity index (χ0) is 15.6. The number of carbonyl (C=O) groups is 1. The van der Waals surface area contributed by atoms with Crippen LogP contribution in [0.25, 0.3) is 0 Å². The van der Waals surface area contributed by atoms with E-state index in [1.165, 1.54) is 11.1 Å². The fourth-order valence-electron chi connectivity index (χ4n) is 3.86. The van der Waals surface area contributed by atoms with Crippen molar-refractivity contribution in [3.05, 3.63) is 71.3 Å². The van der Waals surface area contributed by atoms with Crippen molar-refractivity contribution in [2.24, 2.45) is 0 Å². The first-order chi connectivity index (χ1) is 11.3. The van der Waals surface area contributed by atoms with Crippen molar-refractivity contribution in [3.63, 3.8) is 0 Å². The lowest BCUT2D eigenvalue weighted by atomic mass is 9.96. The van der Waals surface area contributed by atoms with Gasteiger partial charge in [-0.05, 0) is 42.5 Å². The third-order valence-corrected chi connectivity index (χ3v) is 4.97. The molecule has 2 atom stereocenters. The normalized spacial score (nSPS) is 23.6. The summed E-state index contributed by atoms with van der Waals surface area (Å²) in [6.45, 7) is 1.28. The molecular formula is C20H21NO2. The van der Waals surface area contributed by atoms with Crippen LogP contribution >= 0.6 is 0 Å². The van der Waals surface area contributed by atoms with Gasteiger partial charge in [-0.3, -0.25) is 4.79 Å². The van der Waals surface area contributed by atoms with Crippen LogP contribution in [-0.2, 0) is 11.2 Å². The molecule has 3 heteroatoms. The van der Waals surface area contributed by atoms with Gasteiger partial charge in [0.1, 0.15) is 6.10 Å². The van der Waals surface area contributed by atoms with Crippen LogP contribution < -0.4 is 0 Å². The summed E-state index contributed by atoms with van der Waals surface area (Å²) in [6, 6.07) is 18.3.